The third-order valence-electron chi connectivity index (χ3n) is 4.99. The zero-order valence-corrected chi connectivity index (χ0v) is 18.9. The highest BCUT2D eigenvalue weighted by Crippen LogP contribution is 2.35. The van der Waals surface area contributed by atoms with Crippen LogP contribution >= 0.6 is 11.8 Å². The van der Waals surface area contributed by atoms with Crippen molar-refractivity contribution >= 4 is 35.0 Å². The number of rotatable bonds is 6. The highest BCUT2D eigenvalue weighted by atomic mass is 32.2. The van der Waals surface area contributed by atoms with E-state index in [1.54, 1.807) is 48.5 Å². The SMILES string of the molecule is COc1ccc(/C=C2\SC(=O)N(Cc3cccc(C)c3)C2=O)cc1OC(=O)c1ccccc1. The Bertz CT molecular complexity index is 1250. The summed E-state index contributed by atoms with van der Waals surface area (Å²) in [5, 5.41) is -0.322. The first-order chi connectivity index (χ1) is 15.9. The standard InChI is InChI=1S/C26H21NO5S/c1-17-7-6-8-19(13-17)16-27-24(28)23(33-26(27)30)15-18-11-12-21(31-2)22(14-18)32-25(29)20-9-4-3-5-10-20/h3-15H,16H2,1-2H3/b23-15-. The van der Waals surface area contributed by atoms with Crippen LogP contribution in [-0.2, 0) is 11.3 Å². The topological polar surface area (TPSA) is 72.9 Å². The van der Waals surface area contributed by atoms with E-state index in [-0.39, 0.29) is 23.4 Å². The summed E-state index contributed by atoms with van der Waals surface area (Å²) in [6.45, 7) is 2.18. The molecule has 0 aromatic heterocycles. The van der Waals surface area contributed by atoms with E-state index in [1.165, 1.54) is 12.0 Å². The third-order valence-corrected chi connectivity index (χ3v) is 5.90. The van der Waals surface area contributed by atoms with Gasteiger partial charge < -0.3 is 9.47 Å². The summed E-state index contributed by atoms with van der Waals surface area (Å²) < 4.78 is 10.8. The summed E-state index contributed by atoms with van der Waals surface area (Å²) in [5.74, 6) is -0.280. The molecule has 0 atom stereocenters. The van der Waals surface area contributed by atoms with E-state index in [4.69, 9.17) is 9.47 Å². The third kappa shape index (κ3) is 5.15. The normalized spacial score (nSPS) is 14.6. The molecule has 0 saturated carbocycles. The van der Waals surface area contributed by atoms with Crippen LogP contribution in [-0.4, -0.2) is 29.1 Å². The Hall–Kier alpha value is -3.84. The first kappa shape index (κ1) is 22.4. The van der Waals surface area contributed by atoms with Gasteiger partial charge in [0.2, 0.25) is 0 Å². The molecule has 0 N–H and O–H groups in total. The van der Waals surface area contributed by atoms with Gasteiger partial charge in [0.1, 0.15) is 0 Å². The van der Waals surface area contributed by atoms with E-state index < -0.39 is 5.97 Å². The van der Waals surface area contributed by atoms with Gasteiger partial charge >= 0.3 is 5.97 Å². The van der Waals surface area contributed by atoms with Gasteiger partial charge in [-0.1, -0.05) is 54.1 Å². The van der Waals surface area contributed by atoms with Crippen molar-refractivity contribution in [2.75, 3.05) is 7.11 Å². The van der Waals surface area contributed by atoms with Crippen molar-refractivity contribution in [1.82, 2.24) is 4.90 Å². The zero-order chi connectivity index (χ0) is 23.4. The van der Waals surface area contributed by atoms with Gasteiger partial charge in [-0.15, -0.1) is 0 Å². The van der Waals surface area contributed by atoms with Crippen molar-refractivity contribution in [2.24, 2.45) is 0 Å². The van der Waals surface area contributed by atoms with Gasteiger partial charge in [-0.25, -0.2) is 4.79 Å². The molecule has 2 amide bonds. The molecule has 3 aromatic rings. The van der Waals surface area contributed by atoms with Crippen LogP contribution in [0.3, 0.4) is 0 Å². The van der Waals surface area contributed by atoms with Crippen LogP contribution in [0.5, 0.6) is 11.5 Å². The number of benzene rings is 3. The van der Waals surface area contributed by atoms with E-state index in [0.717, 1.165) is 22.9 Å². The van der Waals surface area contributed by atoms with Crippen molar-refractivity contribution in [3.63, 3.8) is 0 Å². The molecule has 33 heavy (non-hydrogen) atoms. The number of ether oxygens (including phenoxy) is 2. The summed E-state index contributed by atoms with van der Waals surface area (Å²) in [4.78, 5) is 39.4. The number of esters is 1. The zero-order valence-electron chi connectivity index (χ0n) is 18.1. The van der Waals surface area contributed by atoms with Crippen LogP contribution in [0, 0.1) is 6.92 Å². The number of carbonyl (C=O) groups is 3. The quantitative estimate of drug-likeness (QED) is 0.277. The first-order valence-electron chi connectivity index (χ1n) is 10.2. The minimum atomic E-state index is -0.524. The lowest BCUT2D eigenvalue weighted by molar-refractivity contribution is -0.123. The van der Waals surface area contributed by atoms with Crippen LogP contribution in [0.15, 0.2) is 77.7 Å². The largest absolute Gasteiger partial charge is 0.493 e. The molecule has 0 radical (unpaired) electrons. The Morgan fingerprint density at radius 3 is 2.48 bits per heavy atom. The molecular formula is C26H21NO5S. The first-order valence-corrected chi connectivity index (χ1v) is 11.0. The number of imide groups is 1. The fourth-order valence-electron chi connectivity index (χ4n) is 3.38. The maximum atomic E-state index is 12.9. The molecule has 1 heterocycles. The second kappa shape index (κ2) is 9.75. The fourth-order valence-corrected chi connectivity index (χ4v) is 4.21. The number of carbonyl (C=O) groups excluding carboxylic acids is 3. The van der Waals surface area contributed by atoms with Crippen LogP contribution < -0.4 is 9.47 Å². The average molecular weight is 460 g/mol. The van der Waals surface area contributed by atoms with E-state index in [1.807, 2.05) is 37.3 Å². The molecular weight excluding hydrogens is 438 g/mol. The van der Waals surface area contributed by atoms with E-state index in [2.05, 4.69) is 0 Å². The minimum Gasteiger partial charge on any atom is -0.493 e. The lowest BCUT2D eigenvalue weighted by Crippen LogP contribution is -2.27. The lowest BCUT2D eigenvalue weighted by atomic mass is 10.1. The van der Waals surface area contributed by atoms with Gasteiger partial charge in [-0.05, 0) is 60.2 Å². The molecule has 0 unspecified atom stereocenters. The van der Waals surface area contributed by atoms with E-state index in [0.29, 0.717) is 21.8 Å². The highest BCUT2D eigenvalue weighted by molar-refractivity contribution is 8.18. The van der Waals surface area contributed by atoms with Gasteiger partial charge in [-0.2, -0.15) is 0 Å². The summed E-state index contributed by atoms with van der Waals surface area (Å²) >= 11 is 0.886. The molecule has 7 heteroatoms. The molecule has 3 aromatic carbocycles. The molecule has 1 saturated heterocycles. The van der Waals surface area contributed by atoms with Gasteiger partial charge in [0.05, 0.1) is 24.1 Å². The summed E-state index contributed by atoms with van der Waals surface area (Å²) in [5.41, 5.74) is 2.96. The van der Waals surface area contributed by atoms with Crippen molar-refractivity contribution in [3.8, 4) is 11.5 Å². The maximum absolute atomic E-state index is 12.9. The summed E-state index contributed by atoms with van der Waals surface area (Å²) in [6, 6.07) is 21.3. The van der Waals surface area contributed by atoms with Crippen LogP contribution in [0.4, 0.5) is 4.79 Å². The molecule has 1 aliphatic heterocycles. The van der Waals surface area contributed by atoms with Gasteiger partial charge in [0, 0.05) is 0 Å². The fraction of sp³-hybridized carbons (Fsp3) is 0.115. The Morgan fingerprint density at radius 2 is 1.76 bits per heavy atom. The average Bonchev–Trinajstić information content (AvgIpc) is 3.07. The molecule has 4 rings (SSSR count). The summed E-state index contributed by atoms with van der Waals surface area (Å²) in [6.07, 6.45) is 1.61. The monoisotopic (exact) mass is 459 g/mol. The Labute approximate surface area is 195 Å². The Balaban J connectivity index is 1.56. The number of hydrogen-bond acceptors (Lipinski definition) is 6. The molecule has 6 nitrogen and oxygen atoms in total. The molecule has 1 aliphatic rings. The molecule has 0 spiro atoms. The van der Waals surface area contributed by atoms with Gasteiger partial charge in [0.25, 0.3) is 11.1 Å². The van der Waals surface area contributed by atoms with Crippen molar-refractivity contribution in [3.05, 3.63) is 100.0 Å². The number of amides is 2. The number of thioether (sulfide) groups is 1. The van der Waals surface area contributed by atoms with Gasteiger partial charge in [0.15, 0.2) is 11.5 Å². The summed E-state index contributed by atoms with van der Waals surface area (Å²) in [7, 11) is 1.48. The molecule has 1 fully saturated rings. The van der Waals surface area contributed by atoms with E-state index >= 15 is 0 Å². The number of nitrogens with zero attached hydrogens (tertiary/aromatic N) is 1. The highest BCUT2D eigenvalue weighted by Gasteiger charge is 2.35. The predicted octanol–water partition coefficient (Wildman–Crippen LogP) is 5.46. The Kier molecular flexibility index (Phi) is 6.60. The van der Waals surface area contributed by atoms with Crippen LogP contribution in [0.1, 0.15) is 27.0 Å². The maximum Gasteiger partial charge on any atom is 0.343 e. The number of aryl methyl sites for hydroxylation is 1. The van der Waals surface area contributed by atoms with Crippen molar-refractivity contribution in [1.29, 1.82) is 0 Å². The Morgan fingerprint density at radius 1 is 0.970 bits per heavy atom. The molecule has 0 aliphatic carbocycles. The van der Waals surface area contributed by atoms with Crippen LogP contribution in [0.2, 0.25) is 0 Å². The second-order valence-corrected chi connectivity index (χ2v) is 8.42. The molecule has 166 valence electrons. The molecule has 0 bridgehead atoms. The number of methoxy groups -OCH3 is 1. The lowest BCUT2D eigenvalue weighted by Gasteiger charge is -2.13. The smallest absolute Gasteiger partial charge is 0.343 e. The number of hydrogen-bond donors (Lipinski definition) is 0. The second-order valence-electron chi connectivity index (χ2n) is 7.42. The predicted molar refractivity (Wildman–Crippen MR) is 127 cm³/mol. The van der Waals surface area contributed by atoms with Crippen LogP contribution in [0.25, 0.3) is 6.08 Å². The van der Waals surface area contributed by atoms with Crippen molar-refractivity contribution in [2.45, 2.75) is 13.5 Å². The van der Waals surface area contributed by atoms with E-state index in [9.17, 15) is 14.4 Å². The van der Waals surface area contributed by atoms with Gasteiger partial charge in [-0.3, -0.25) is 14.5 Å². The van der Waals surface area contributed by atoms with Crippen molar-refractivity contribution < 1.29 is 23.9 Å². The minimum absolute atomic E-state index is 0.215.